The lowest BCUT2D eigenvalue weighted by atomic mass is 9.86. The lowest BCUT2D eigenvalue weighted by Gasteiger charge is -2.17. The van der Waals surface area contributed by atoms with Gasteiger partial charge in [0.15, 0.2) is 0 Å². The first-order valence-corrected chi connectivity index (χ1v) is 11.3. The van der Waals surface area contributed by atoms with E-state index in [9.17, 15) is 14.7 Å². The molecule has 0 aliphatic carbocycles. The first kappa shape index (κ1) is 20.2. The number of rotatable bonds is 5. The summed E-state index contributed by atoms with van der Waals surface area (Å²) in [7, 11) is 0. The number of nitrogens with one attached hydrogen (secondary N) is 1. The van der Waals surface area contributed by atoms with E-state index in [0.29, 0.717) is 23.9 Å². The first-order chi connectivity index (χ1) is 16.6. The minimum absolute atomic E-state index is 0.139. The van der Waals surface area contributed by atoms with E-state index in [-0.39, 0.29) is 11.5 Å². The molecule has 4 heteroatoms. The largest absolute Gasteiger partial charge is 0.478 e. The highest BCUT2D eigenvalue weighted by Gasteiger charge is 2.22. The van der Waals surface area contributed by atoms with Crippen LogP contribution in [-0.4, -0.2) is 23.5 Å². The fraction of sp³-hybridized carbons (Fsp3) is 0.0667. The molecule has 0 saturated carbocycles. The van der Waals surface area contributed by atoms with Crippen molar-refractivity contribution in [2.45, 2.75) is 6.42 Å². The van der Waals surface area contributed by atoms with Gasteiger partial charge < -0.3 is 10.4 Å². The smallest absolute Gasteiger partial charge is 0.336 e. The van der Waals surface area contributed by atoms with Crippen molar-refractivity contribution in [3.63, 3.8) is 0 Å². The van der Waals surface area contributed by atoms with E-state index in [0.717, 1.165) is 43.3 Å². The predicted molar refractivity (Wildman–Crippen MR) is 137 cm³/mol. The molecule has 6 aromatic rings. The Hall–Kier alpha value is -4.44. The molecule has 6 aromatic carbocycles. The molecule has 0 atom stereocenters. The third kappa shape index (κ3) is 3.07. The summed E-state index contributed by atoms with van der Waals surface area (Å²) in [4.78, 5) is 25.5. The summed E-state index contributed by atoms with van der Waals surface area (Å²) in [5.74, 6) is -1.31. The van der Waals surface area contributed by atoms with Crippen LogP contribution in [0.2, 0.25) is 0 Å². The van der Waals surface area contributed by atoms with Crippen molar-refractivity contribution in [1.82, 2.24) is 5.32 Å². The van der Waals surface area contributed by atoms with Gasteiger partial charge in [0, 0.05) is 17.5 Å². The molecule has 2 N–H and O–H groups in total. The van der Waals surface area contributed by atoms with Crippen molar-refractivity contribution in [2.24, 2.45) is 0 Å². The molecule has 4 nitrogen and oxygen atoms in total. The van der Waals surface area contributed by atoms with Gasteiger partial charge in [0.1, 0.15) is 0 Å². The summed E-state index contributed by atoms with van der Waals surface area (Å²) in [6, 6.07) is 29.5. The number of carbonyl (C=O) groups excluding carboxylic acids is 1. The third-order valence-corrected chi connectivity index (χ3v) is 6.66. The number of aromatic carboxylic acids is 1. The molecule has 0 unspecified atom stereocenters. The second-order valence-electron chi connectivity index (χ2n) is 8.58. The van der Waals surface area contributed by atoms with Crippen LogP contribution < -0.4 is 5.32 Å². The summed E-state index contributed by atoms with van der Waals surface area (Å²) in [6.45, 7) is 0.469. The van der Waals surface area contributed by atoms with Crippen molar-refractivity contribution in [1.29, 1.82) is 0 Å². The molecular formula is C30H21NO3. The summed E-state index contributed by atoms with van der Waals surface area (Å²) in [5, 5.41) is 20.6. The molecular weight excluding hydrogens is 422 g/mol. The van der Waals surface area contributed by atoms with E-state index in [1.165, 1.54) is 0 Å². The molecule has 1 amide bonds. The van der Waals surface area contributed by atoms with Crippen molar-refractivity contribution < 1.29 is 14.7 Å². The molecule has 0 bridgehead atoms. The molecule has 0 aliphatic rings. The maximum absolute atomic E-state index is 13.3. The Kier molecular flexibility index (Phi) is 4.66. The van der Waals surface area contributed by atoms with Crippen LogP contribution in [0, 0.1) is 0 Å². The summed E-state index contributed by atoms with van der Waals surface area (Å²) in [5.41, 5.74) is 1.66. The van der Waals surface area contributed by atoms with Crippen LogP contribution in [0.1, 0.15) is 26.3 Å². The maximum atomic E-state index is 13.3. The molecule has 0 saturated heterocycles. The Morgan fingerprint density at radius 1 is 0.618 bits per heavy atom. The fourth-order valence-electron chi connectivity index (χ4n) is 5.16. The Bertz CT molecular complexity index is 1670. The van der Waals surface area contributed by atoms with Gasteiger partial charge in [-0.05, 0) is 61.8 Å². The number of carbonyl (C=O) groups is 2. The zero-order valence-electron chi connectivity index (χ0n) is 18.3. The molecule has 0 heterocycles. The Morgan fingerprint density at radius 2 is 1.24 bits per heavy atom. The Morgan fingerprint density at radius 3 is 1.88 bits per heavy atom. The molecule has 6 rings (SSSR count). The van der Waals surface area contributed by atoms with Crippen molar-refractivity contribution in [3.8, 4) is 0 Å². The van der Waals surface area contributed by atoms with Crippen molar-refractivity contribution >= 4 is 55.0 Å². The minimum Gasteiger partial charge on any atom is -0.478 e. The topological polar surface area (TPSA) is 66.4 Å². The number of carboxylic acid groups (broad SMARTS) is 1. The van der Waals surface area contributed by atoms with E-state index in [2.05, 4.69) is 29.6 Å². The summed E-state index contributed by atoms with van der Waals surface area (Å²) in [6.07, 6.45) is 0.703. The number of carboxylic acids is 1. The van der Waals surface area contributed by atoms with Gasteiger partial charge in [-0.15, -0.1) is 0 Å². The van der Waals surface area contributed by atoms with Crippen molar-refractivity contribution in [3.05, 3.63) is 108 Å². The molecule has 164 valence electrons. The number of hydrogen-bond acceptors (Lipinski definition) is 2. The molecule has 0 aromatic heterocycles. The molecule has 34 heavy (non-hydrogen) atoms. The van der Waals surface area contributed by atoms with Gasteiger partial charge in [-0.1, -0.05) is 78.9 Å². The van der Waals surface area contributed by atoms with Crippen LogP contribution in [0.25, 0.3) is 43.1 Å². The Balaban J connectivity index is 1.56. The lowest BCUT2D eigenvalue weighted by molar-refractivity contribution is 0.0699. The van der Waals surface area contributed by atoms with E-state index in [1.807, 2.05) is 54.6 Å². The second-order valence-corrected chi connectivity index (χ2v) is 8.58. The molecule has 0 spiro atoms. The number of fused-ring (bicyclic) bond motifs is 2. The van der Waals surface area contributed by atoms with Gasteiger partial charge in [0.05, 0.1) is 5.56 Å². The number of amides is 1. The van der Waals surface area contributed by atoms with Gasteiger partial charge in [0.25, 0.3) is 5.91 Å². The second kappa shape index (κ2) is 7.85. The molecule has 0 fully saturated rings. The normalized spacial score (nSPS) is 11.5. The van der Waals surface area contributed by atoms with Crippen LogP contribution in [0.5, 0.6) is 0 Å². The highest BCUT2D eigenvalue weighted by Crippen LogP contribution is 2.42. The number of hydrogen-bond donors (Lipinski definition) is 2. The van der Waals surface area contributed by atoms with Gasteiger partial charge in [-0.3, -0.25) is 4.79 Å². The molecule has 0 radical (unpaired) electrons. The van der Waals surface area contributed by atoms with Crippen LogP contribution in [0.4, 0.5) is 0 Å². The zero-order chi connectivity index (χ0) is 23.2. The quantitative estimate of drug-likeness (QED) is 0.239. The number of benzene rings is 6. The van der Waals surface area contributed by atoms with Gasteiger partial charge >= 0.3 is 5.97 Å². The summed E-state index contributed by atoms with van der Waals surface area (Å²) >= 11 is 0. The minimum atomic E-state index is -1.04. The highest BCUT2D eigenvalue weighted by molar-refractivity contribution is 6.36. The van der Waals surface area contributed by atoms with Gasteiger partial charge in [0.2, 0.25) is 0 Å². The van der Waals surface area contributed by atoms with Crippen molar-refractivity contribution in [2.75, 3.05) is 6.54 Å². The van der Waals surface area contributed by atoms with E-state index in [1.54, 1.807) is 12.1 Å². The average Bonchev–Trinajstić information content (AvgIpc) is 2.87. The molecule has 0 aliphatic heterocycles. The van der Waals surface area contributed by atoms with Gasteiger partial charge in [-0.2, -0.15) is 0 Å². The van der Waals surface area contributed by atoms with E-state index in [4.69, 9.17) is 0 Å². The lowest BCUT2D eigenvalue weighted by Crippen LogP contribution is -2.26. The van der Waals surface area contributed by atoms with E-state index < -0.39 is 5.97 Å². The SMILES string of the molecule is O=C(O)c1ccc2c3cccc4cccc(c5ccc(C(=O)NCCc6ccccc6)c1c25)c43. The predicted octanol–water partition coefficient (Wildman–Crippen LogP) is 6.41. The van der Waals surface area contributed by atoms with Crippen LogP contribution in [0.3, 0.4) is 0 Å². The van der Waals surface area contributed by atoms with Crippen LogP contribution in [0.15, 0.2) is 91.0 Å². The standard InChI is InChI=1S/C30H21NO3/c32-29(31-17-16-18-6-2-1-3-7-18)24-14-12-22-20-10-4-8-19-9-5-11-21(26(19)20)23-13-15-25(30(33)34)28(24)27(22)23/h1-15H,16-17H2,(H,31,32)(H,33,34). The zero-order valence-corrected chi connectivity index (χ0v) is 18.3. The van der Waals surface area contributed by atoms with Crippen LogP contribution in [-0.2, 0) is 6.42 Å². The third-order valence-electron chi connectivity index (χ3n) is 6.66. The average molecular weight is 444 g/mol. The highest BCUT2D eigenvalue weighted by atomic mass is 16.4. The summed E-state index contributed by atoms with van der Waals surface area (Å²) < 4.78 is 0. The van der Waals surface area contributed by atoms with E-state index >= 15 is 0 Å². The van der Waals surface area contributed by atoms with Crippen LogP contribution >= 0.6 is 0 Å². The Labute approximate surface area is 195 Å². The maximum Gasteiger partial charge on any atom is 0.336 e. The fourth-order valence-corrected chi connectivity index (χ4v) is 5.16. The monoisotopic (exact) mass is 443 g/mol. The van der Waals surface area contributed by atoms with Gasteiger partial charge in [-0.25, -0.2) is 4.79 Å². The first-order valence-electron chi connectivity index (χ1n) is 11.3.